The SMILES string of the molecule is CCCCn1c(CN2CCCN(Cc3ccccc3)CC2)nc2cc(S(N)(=O)=O)ccc21. The second-order valence-electron chi connectivity index (χ2n) is 8.62. The van der Waals surface area contributed by atoms with Crippen molar-refractivity contribution in [2.24, 2.45) is 5.14 Å². The molecule has 1 saturated heterocycles. The summed E-state index contributed by atoms with van der Waals surface area (Å²) in [6.07, 6.45) is 3.27. The number of fused-ring (bicyclic) bond motifs is 1. The van der Waals surface area contributed by atoms with Crippen molar-refractivity contribution >= 4 is 21.1 Å². The molecule has 0 amide bonds. The molecular weight excluding hydrogens is 422 g/mol. The average molecular weight is 456 g/mol. The molecule has 0 spiro atoms. The van der Waals surface area contributed by atoms with Crippen LogP contribution in [0.5, 0.6) is 0 Å². The summed E-state index contributed by atoms with van der Waals surface area (Å²) in [5.41, 5.74) is 3.03. The molecule has 1 aromatic heterocycles. The summed E-state index contributed by atoms with van der Waals surface area (Å²) in [5, 5.41) is 5.33. The third-order valence-corrected chi connectivity index (χ3v) is 7.07. The van der Waals surface area contributed by atoms with Gasteiger partial charge in [-0.2, -0.15) is 0 Å². The molecule has 0 atom stereocenters. The van der Waals surface area contributed by atoms with Crippen molar-refractivity contribution in [3.8, 4) is 0 Å². The Hall–Kier alpha value is -2.26. The molecular formula is C24H33N5O2S. The van der Waals surface area contributed by atoms with Crippen LogP contribution in [0.15, 0.2) is 53.4 Å². The Labute approximate surface area is 190 Å². The van der Waals surface area contributed by atoms with E-state index >= 15 is 0 Å². The molecule has 8 heteroatoms. The molecule has 0 unspecified atom stereocenters. The minimum atomic E-state index is -3.74. The van der Waals surface area contributed by atoms with Gasteiger partial charge in [0.1, 0.15) is 5.82 Å². The summed E-state index contributed by atoms with van der Waals surface area (Å²) in [7, 11) is -3.74. The molecule has 2 N–H and O–H groups in total. The van der Waals surface area contributed by atoms with Crippen molar-refractivity contribution in [2.75, 3.05) is 26.2 Å². The van der Waals surface area contributed by atoms with Crippen LogP contribution in [0, 0.1) is 0 Å². The summed E-state index contributed by atoms with van der Waals surface area (Å²) < 4.78 is 25.8. The smallest absolute Gasteiger partial charge is 0.238 e. The maximum absolute atomic E-state index is 11.8. The van der Waals surface area contributed by atoms with Crippen LogP contribution in [-0.4, -0.2) is 53.9 Å². The van der Waals surface area contributed by atoms with E-state index in [1.54, 1.807) is 12.1 Å². The highest BCUT2D eigenvalue weighted by Gasteiger charge is 2.19. The second kappa shape index (κ2) is 10.1. The molecule has 0 radical (unpaired) electrons. The fraction of sp³-hybridized carbons (Fsp3) is 0.458. The van der Waals surface area contributed by atoms with E-state index in [2.05, 4.69) is 51.6 Å². The fourth-order valence-electron chi connectivity index (χ4n) is 4.41. The molecule has 172 valence electrons. The van der Waals surface area contributed by atoms with Gasteiger partial charge >= 0.3 is 0 Å². The number of hydrogen-bond acceptors (Lipinski definition) is 5. The van der Waals surface area contributed by atoms with Gasteiger partial charge in [-0.25, -0.2) is 18.5 Å². The Balaban J connectivity index is 1.51. The first-order valence-electron chi connectivity index (χ1n) is 11.4. The van der Waals surface area contributed by atoms with E-state index in [0.29, 0.717) is 5.52 Å². The summed E-state index contributed by atoms with van der Waals surface area (Å²) in [6, 6.07) is 15.7. The third-order valence-electron chi connectivity index (χ3n) is 6.16. The highest BCUT2D eigenvalue weighted by atomic mass is 32.2. The fourth-order valence-corrected chi connectivity index (χ4v) is 4.94. The number of aryl methyl sites for hydroxylation is 1. The number of sulfonamides is 1. The Morgan fingerprint density at radius 2 is 1.69 bits per heavy atom. The molecule has 4 rings (SSSR count). The predicted octanol–water partition coefficient (Wildman–Crippen LogP) is 3.19. The van der Waals surface area contributed by atoms with Gasteiger partial charge in [-0.1, -0.05) is 43.7 Å². The van der Waals surface area contributed by atoms with Crippen molar-refractivity contribution in [1.82, 2.24) is 19.4 Å². The zero-order chi connectivity index (χ0) is 22.6. The lowest BCUT2D eigenvalue weighted by Gasteiger charge is -2.22. The lowest BCUT2D eigenvalue weighted by molar-refractivity contribution is 0.241. The molecule has 0 saturated carbocycles. The highest BCUT2D eigenvalue weighted by molar-refractivity contribution is 7.89. The number of unbranched alkanes of at least 4 members (excludes halogenated alkanes) is 1. The monoisotopic (exact) mass is 455 g/mol. The maximum Gasteiger partial charge on any atom is 0.238 e. The number of aromatic nitrogens is 2. The maximum atomic E-state index is 11.8. The van der Waals surface area contributed by atoms with Gasteiger partial charge in [-0.3, -0.25) is 9.80 Å². The van der Waals surface area contributed by atoms with Gasteiger partial charge in [0, 0.05) is 26.2 Å². The van der Waals surface area contributed by atoms with E-state index in [1.165, 1.54) is 5.56 Å². The van der Waals surface area contributed by atoms with Crippen LogP contribution in [-0.2, 0) is 29.7 Å². The average Bonchev–Trinajstić information content (AvgIpc) is 2.95. The number of rotatable bonds is 8. The largest absolute Gasteiger partial charge is 0.327 e. The van der Waals surface area contributed by atoms with Crippen LogP contribution < -0.4 is 5.14 Å². The van der Waals surface area contributed by atoms with Crippen LogP contribution in [0.3, 0.4) is 0 Å². The van der Waals surface area contributed by atoms with Crippen LogP contribution in [0.25, 0.3) is 11.0 Å². The molecule has 0 aliphatic carbocycles. The number of primary sulfonamides is 1. The molecule has 1 aliphatic rings. The summed E-state index contributed by atoms with van der Waals surface area (Å²) in [6.45, 7) is 8.95. The van der Waals surface area contributed by atoms with Gasteiger partial charge in [0.2, 0.25) is 10.0 Å². The first kappa shape index (κ1) is 22.9. The zero-order valence-corrected chi connectivity index (χ0v) is 19.6. The second-order valence-corrected chi connectivity index (χ2v) is 10.2. The van der Waals surface area contributed by atoms with Crippen LogP contribution in [0.4, 0.5) is 0 Å². The van der Waals surface area contributed by atoms with Crippen molar-refractivity contribution in [3.63, 3.8) is 0 Å². The van der Waals surface area contributed by atoms with Crippen molar-refractivity contribution in [3.05, 3.63) is 59.9 Å². The predicted molar refractivity (Wildman–Crippen MR) is 128 cm³/mol. The highest BCUT2D eigenvalue weighted by Crippen LogP contribution is 2.22. The molecule has 2 heterocycles. The molecule has 2 aromatic carbocycles. The van der Waals surface area contributed by atoms with Gasteiger partial charge < -0.3 is 4.57 Å². The summed E-state index contributed by atoms with van der Waals surface area (Å²) in [4.78, 5) is 9.94. The van der Waals surface area contributed by atoms with Crippen molar-refractivity contribution in [2.45, 2.75) is 50.7 Å². The van der Waals surface area contributed by atoms with Crippen molar-refractivity contribution in [1.29, 1.82) is 0 Å². The molecule has 7 nitrogen and oxygen atoms in total. The van der Waals surface area contributed by atoms with Gasteiger partial charge in [-0.15, -0.1) is 0 Å². The topological polar surface area (TPSA) is 84.5 Å². The first-order valence-corrected chi connectivity index (χ1v) is 13.0. The Morgan fingerprint density at radius 1 is 0.969 bits per heavy atom. The minimum absolute atomic E-state index is 0.114. The number of imidazole rings is 1. The Morgan fingerprint density at radius 3 is 2.38 bits per heavy atom. The Bertz CT molecular complexity index is 1140. The minimum Gasteiger partial charge on any atom is -0.327 e. The van der Waals surface area contributed by atoms with Gasteiger partial charge in [0.25, 0.3) is 0 Å². The molecule has 3 aromatic rings. The quantitative estimate of drug-likeness (QED) is 0.564. The van der Waals surface area contributed by atoms with Crippen molar-refractivity contribution < 1.29 is 8.42 Å². The molecule has 1 aliphatic heterocycles. The van der Waals surface area contributed by atoms with E-state index < -0.39 is 10.0 Å². The Kier molecular flexibility index (Phi) is 7.25. The zero-order valence-electron chi connectivity index (χ0n) is 18.8. The number of nitrogens with zero attached hydrogens (tertiary/aromatic N) is 4. The van der Waals surface area contributed by atoms with Crippen LogP contribution in [0.2, 0.25) is 0 Å². The first-order chi connectivity index (χ1) is 15.4. The standard InChI is InChI=1S/C24H33N5O2S/c1-2-3-14-29-23-11-10-21(32(25,30)31)17-22(23)26-24(29)19-28-13-7-12-27(15-16-28)18-20-8-5-4-6-9-20/h4-6,8-11,17H,2-3,7,12-16,18-19H2,1H3,(H2,25,30,31). The molecule has 1 fully saturated rings. The van der Waals surface area contributed by atoms with Gasteiger partial charge in [0.15, 0.2) is 0 Å². The van der Waals surface area contributed by atoms with E-state index in [4.69, 9.17) is 10.1 Å². The molecule has 32 heavy (non-hydrogen) atoms. The van der Waals surface area contributed by atoms with E-state index in [0.717, 1.165) is 76.4 Å². The lowest BCUT2D eigenvalue weighted by atomic mass is 10.2. The van der Waals surface area contributed by atoms with Crippen LogP contribution >= 0.6 is 0 Å². The third kappa shape index (κ3) is 5.56. The normalized spacial score (nSPS) is 16.4. The van der Waals surface area contributed by atoms with Gasteiger partial charge in [-0.05, 0) is 49.7 Å². The van der Waals surface area contributed by atoms with E-state index in [9.17, 15) is 8.42 Å². The number of nitrogens with two attached hydrogens (primary N) is 1. The van der Waals surface area contributed by atoms with Crippen LogP contribution in [0.1, 0.15) is 37.6 Å². The number of benzene rings is 2. The van der Waals surface area contributed by atoms with E-state index in [1.807, 2.05) is 6.07 Å². The summed E-state index contributed by atoms with van der Waals surface area (Å²) in [5.74, 6) is 0.997. The van der Waals surface area contributed by atoms with Gasteiger partial charge in [0.05, 0.1) is 22.5 Å². The van der Waals surface area contributed by atoms with E-state index in [-0.39, 0.29) is 4.90 Å². The summed E-state index contributed by atoms with van der Waals surface area (Å²) >= 11 is 0. The number of hydrogen-bond donors (Lipinski definition) is 1. The lowest BCUT2D eigenvalue weighted by Crippen LogP contribution is -2.31. The molecule has 0 bridgehead atoms.